The summed E-state index contributed by atoms with van der Waals surface area (Å²) in [5.74, 6) is 0. The van der Waals surface area contributed by atoms with Crippen molar-refractivity contribution in [1.82, 2.24) is 18.9 Å². The molecule has 2 fully saturated rings. The lowest BCUT2D eigenvalue weighted by Crippen LogP contribution is -2.43. The fraction of sp³-hybridized carbons (Fsp3) is 0.667. The first-order valence-electron chi connectivity index (χ1n) is 11.9. The maximum absolute atomic E-state index is 13.6. The molecule has 33 heavy (non-hydrogen) atoms. The number of hydrogen-bond acceptors (Lipinski definition) is 4. The van der Waals surface area contributed by atoms with Gasteiger partial charge in [-0.2, -0.15) is 0 Å². The van der Waals surface area contributed by atoms with Crippen LogP contribution in [-0.4, -0.2) is 63.4 Å². The number of aromatic nitrogens is 2. The molecule has 3 heterocycles. The Morgan fingerprint density at radius 1 is 0.970 bits per heavy atom. The SMILES string of the molecule is CC(C)(C)OC(=O)N1CCC(n2c(=O)n(CCN3CCCCC3)c3cc(Cl)c(Cl)cc32)CC1. The Morgan fingerprint density at radius 3 is 2.18 bits per heavy atom. The summed E-state index contributed by atoms with van der Waals surface area (Å²) in [4.78, 5) is 30.2. The zero-order valence-corrected chi connectivity index (χ0v) is 21.3. The Balaban J connectivity index is 1.57. The van der Waals surface area contributed by atoms with Gasteiger partial charge < -0.3 is 14.5 Å². The highest BCUT2D eigenvalue weighted by molar-refractivity contribution is 6.42. The van der Waals surface area contributed by atoms with Gasteiger partial charge in [0.25, 0.3) is 0 Å². The van der Waals surface area contributed by atoms with E-state index in [-0.39, 0.29) is 17.8 Å². The van der Waals surface area contributed by atoms with Gasteiger partial charge in [0.2, 0.25) is 0 Å². The van der Waals surface area contributed by atoms with Crippen molar-refractivity contribution in [1.29, 1.82) is 0 Å². The van der Waals surface area contributed by atoms with E-state index in [0.717, 1.165) is 30.7 Å². The highest BCUT2D eigenvalue weighted by Crippen LogP contribution is 2.31. The van der Waals surface area contributed by atoms with Crippen molar-refractivity contribution in [3.05, 3.63) is 32.7 Å². The van der Waals surface area contributed by atoms with Crippen molar-refractivity contribution in [2.45, 2.75) is 71.1 Å². The van der Waals surface area contributed by atoms with Crippen LogP contribution in [0.3, 0.4) is 0 Å². The van der Waals surface area contributed by atoms with Crippen molar-refractivity contribution >= 4 is 40.3 Å². The number of carbonyl (C=O) groups excluding carboxylic acids is 1. The molecular weight excluding hydrogens is 463 g/mol. The second-order valence-electron chi connectivity index (χ2n) is 10.2. The molecule has 9 heteroatoms. The molecule has 1 amide bonds. The van der Waals surface area contributed by atoms with Crippen LogP contribution >= 0.6 is 23.2 Å². The van der Waals surface area contributed by atoms with Crippen LogP contribution in [0.2, 0.25) is 10.0 Å². The standard InChI is InChI=1S/C24H34Cl2N4O3/c1-24(2,3)33-23(32)28-11-7-17(8-12-28)30-21-16-19(26)18(25)15-20(21)29(22(30)31)14-13-27-9-5-4-6-10-27/h15-17H,4-14H2,1-3H3. The molecule has 4 rings (SSSR count). The first-order valence-corrected chi connectivity index (χ1v) is 12.7. The van der Waals surface area contributed by atoms with E-state index in [2.05, 4.69) is 4.90 Å². The molecule has 2 saturated heterocycles. The average molecular weight is 497 g/mol. The minimum absolute atomic E-state index is 0.00725. The van der Waals surface area contributed by atoms with Gasteiger partial charge >= 0.3 is 11.8 Å². The molecule has 0 saturated carbocycles. The van der Waals surface area contributed by atoms with E-state index < -0.39 is 5.60 Å². The number of halogens is 2. The smallest absolute Gasteiger partial charge is 0.410 e. The van der Waals surface area contributed by atoms with Crippen molar-refractivity contribution in [3.63, 3.8) is 0 Å². The summed E-state index contributed by atoms with van der Waals surface area (Å²) >= 11 is 12.7. The molecule has 0 aliphatic carbocycles. The van der Waals surface area contributed by atoms with Crippen LogP contribution in [0.5, 0.6) is 0 Å². The summed E-state index contributed by atoms with van der Waals surface area (Å²) in [5.41, 5.74) is 1.07. The predicted molar refractivity (Wildman–Crippen MR) is 133 cm³/mol. The molecular formula is C24H34Cl2N4O3. The summed E-state index contributed by atoms with van der Waals surface area (Å²) in [6.07, 6.45) is 4.79. The summed E-state index contributed by atoms with van der Waals surface area (Å²) < 4.78 is 9.21. The number of piperidine rings is 2. The first-order chi connectivity index (χ1) is 15.6. The number of likely N-dealkylation sites (tertiary alicyclic amines) is 2. The molecule has 1 aromatic heterocycles. The molecule has 2 aliphatic rings. The largest absolute Gasteiger partial charge is 0.444 e. The van der Waals surface area contributed by atoms with Crippen LogP contribution in [0.15, 0.2) is 16.9 Å². The Kier molecular flexibility index (Phi) is 7.32. The maximum atomic E-state index is 13.6. The molecule has 182 valence electrons. The van der Waals surface area contributed by atoms with Crippen LogP contribution in [0.4, 0.5) is 4.79 Å². The quantitative estimate of drug-likeness (QED) is 0.585. The van der Waals surface area contributed by atoms with Gasteiger partial charge in [-0.1, -0.05) is 29.6 Å². The summed E-state index contributed by atoms with van der Waals surface area (Å²) in [5, 5.41) is 0.894. The van der Waals surface area contributed by atoms with E-state index in [0.29, 0.717) is 42.5 Å². The third-order valence-electron chi connectivity index (χ3n) is 6.57. The highest BCUT2D eigenvalue weighted by Gasteiger charge is 2.30. The first kappa shape index (κ1) is 24.4. The van der Waals surface area contributed by atoms with E-state index in [1.54, 1.807) is 11.0 Å². The van der Waals surface area contributed by atoms with Gasteiger partial charge in [0.05, 0.1) is 21.1 Å². The molecule has 2 aliphatic heterocycles. The van der Waals surface area contributed by atoms with Crippen molar-refractivity contribution in [2.24, 2.45) is 0 Å². The number of rotatable bonds is 4. The summed E-state index contributed by atoms with van der Waals surface area (Å²) in [6, 6.07) is 3.61. The summed E-state index contributed by atoms with van der Waals surface area (Å²) in [7, 11) is 0. The van der Waals surface area contributed by atoms with E-state index in [1.807, 2.05) is 36.0 Å². The molecule has 0 radical (unpaired) electrons. The fourth-order valence-corrected chi connectivity index (χ4v) is 5.21. The van der Waals surface area contributed by atoms with Gasteiger partial charge in [0.1, 0.15) is 5.60 Å². The Hall–Kier alpha value is -1.70. The topological polar surface area (TPSA) is 59.7 Å². The van der Waals surface area contributed by atoms with E-state index >= 15 is 0 Å². The zero-order chi connectivity index (χ0) is 23.8. The molecule has 1 aromatic carbocycles. The van der Waals surface area contributed by atoms with Crippen molar-refractivity contribution in [3.8, 4) is 0 Å². The van der Waals surface area contributed by atoms with E-state index in [1.165, 1.54) is 19.3 Å². The van der Waals surface area contributed by atoms with Crippen LogP contribution in [0.1, 0.15) is 58.9 Å². The van der Waals surface area contributed by atoms with E-state index in [9.17, 15) is 9.59 Å². The fourth-order valence-electron chi connectivity index (χ4n) is 4.90. The molecule has 7 nitrogen and oxygen atoms in total. The van der Waals surface area contributed by atoms with Gasteiger partial charge in [0.15, 0.2) is 0 Å². The molecule has 0 unspecified atom stereocenters. The Labute approximate surface area is 205 Å². The lowest BCUT2D eigenvalue weighted by molar-refractivity contribution is 0.0188. The molecule has 0 atom stereocenters. The molecule has 0 N–H and O–H groups in total. The van der Waals surface area contributed by atoms with Gasteiger partial charge in [-0.05, 0) is 71.7 Å². The molecule has 0 bridgehead atoms. The van der Waals surface area contributed by atoms with Gasteiger partial charge in [-0.15, -0.1) is 0 Å². The van der Waals surface area contributed by atoms with Crippen LogP contribution < -0.4 is 5.69 Å². The minimum atomic E-state index is -0.525. The number of amides is 1. The predicted octanol–water partition coefficient (Wildman–Crippen LogP) is 5.17. The molecule has 2 aromatic rings. The molecule has 0 spiro atoms. The highest BCUT2D eigenvalue weighted by atomic mass is 35.5. The second kappa shape index (κ2) is 9.88. The normalized spacial score (nSPS) is 18.8. The second-order valence-corrected chi connectivity index (χ2v) is 11.0. The third-order valence-corrected chi connectivity index (χ3v) is 7.30. The van der Waals surface area contributed by atoms with Crippen molar-refractivity contribution in [2.75, 3.05) is 32.7 Å². The number of hydrogen-bond donors (Lipinski definition) is 0. The number of carbonyl (C=O) groups is 1. The van der Waals surface area contributed by atoms with E-state index in [4.69, 9.17) is 27.9 Å². The monoisotopic (exact) mass is 496 g/mol. The third kappa shape index (κ3) is 5.52. The van der Waals surface area contributed by atoms with Gasteiger partial charge in [-0.3, -0.25) is 9.13 Å². The van der Waals surface area contributed by atoms with Crippen molar-refractivity contribution < 1.29 is 9.53 Å². The average Bonchev–Trinajstić information content (AvgIpc) is 3.02. The number of nitrogens with zero attached hydrogens (tertiary/aromatic N) is 4. The lowest BCUT2D eigenvalue weighted by Gasteiger charge is -2.33. The maximum Gasteiger partial charge on any atom is 0.410 e. The number of fused-ring (bicyclic) bond motifs is 1. The van der Waals surface area contributed by atoms with Crippen LogP contribution in [0.25, 0.3) is 11.0 Å². The van der Waals surface area contributed by atoms with Gasteiger partial charge in [0, 0.05) is 32.2 Å². The minimum Gasteiger partial charge on any atom is -0.444 e. The zero-order valence-electron chi connectivity index (χ0n) is 19.8. The van der Waals surface area contributed by atoms with Crippen LogP contribution in [0, 0.1) is 0 Å². The van der Waals surface area contributed by atoms with Gasteiger partial charge in [-0.25, -0.2) is 9.59 Å². The Bertz CT molecular complexity index is 1060. The lowest BCUT2D eigenvalue weighted by atomic mass is 10.0. The Morgan fingerprint density at radius 2 is 1.58 bits per heavy atom. The number of imidazole rings is 1. The number of ether oxygens (including phenoxy) is 1. The summed E-state index contributed by atoms with van der Waals surface area (Å²) in [6.45, 7) is 10.3. The van der Waals surface area contributed by atoms with Crippen LogP contribution in [-0.2, 0) is 11.3 Å². The number of benzene rings is 1.